The number of fused-ring (bicyclic) bond motifs is 3. The number of phenolic OH excluding ortho intramolecular Hbond substituents is 1. The maximum Gasteiger partial charge on any atom is 0.255 e. The molecule has 6 atom stereocenters. The fourth-order valence-electron chi connectivity index (χ4n) is 8.20. The highest BCUT2D eigenvalue weighted by molar-refractivity contribution is 6.24. The highest BCUT2D eigenvalue weighted by atomic mass is 16.5. The average Bonchev–Trinajstić information content (AvgIpc) is 3.52. The number of aromatic hydroxyl groups is 1. The van der Waals surface area contributed by atoms with Gasteiger partial charge in [-0.25, -0.2) is 0 Å². The molecule has 12 heteroatoms. The van der Waals surface area contributed by atoms with Crippen molar-refractivity contribution < 1.29 is 44.7 Å². The van der Waals surface area contributed by atoms with E-state index in [9.17, 15) is 39.9 Å². The van der Waals surface area contributed by atoms with Crippen LogP contribution in [0.1, 0.15) is 42.4 Å². The predicted molar refractivity (Wildman–Crippen MR) is 167 cm³/mol. The summed E-state index contributed by atoms with van der Waals surface area (Å²) in [5, 5.41) is 57.8. The fourth-order valence-corrected chi connectivity index (χ4v) is 8.20. The Labute approximate surface area is 266 Å². The Balaban J connectivity index is 1.56. The summed E-state index contributed by atoms with van der Waals surface area (Å²) in [4.78, 5) is 43.7. The molecule has 3 aliphatic carbocycles. The van der Waals surface area contributed by atoms with Gasteiger partial charge in [0.2, 0.25) is 5.78 Å². The minimum Gasteiger partial charge on any atom is -0.508 e. The zero-order valence-corrected chi connectivity index (χ0v) is 26.1. The molecular formula is C34H39N3O9. The van der Waals surface area contributed by atoms with Crippen molar-refractivity contribution in [2.75, 3.05) is 34.3 Å². The summed E-state index contributed by atoms with van der Waals surface area (Å²) >= 11 is 0. The van der Waals surface area contributed by atoms with Crippen molar-refractivity contribution in [2.45, 2.75) is 50.0 Å². The lowest BCUT2D eigenvalue weighted by atomic mass is 9.54. The summed E-state index contributed by atoms with van der Waals surface area (Å²) in [7, 11) is 4.56. The van der Waals surface area contributed by atoms with Crippen LogP contribution < -0.4 is 10.5 Å². The van der Waals surface area contributed by atoms with E-state index in [1.54, 1.807) is 20.1 Å². The number of nitrogens with two attached hydrogens (primary N) is 1. The monoisotopic (exact) mass is 633 g/mol. The first-order valence-corrected chi connectivity index (χ1v) is 15.3. The number of ketones is 2. The molecule has 12 nitrogen and oxygen atoms in total. The van der Waals surface area contributed by atoms with E-state index in [2.05, 4.69) is 4.90 Å². The molecule has 46 heavy (non-hydrogen) atoms. The third-order valence-electron chi connectivity index (χ3n) is 10.3. The van der Waals surface area contributed by atoms with Crippen molar-refractivity contribution in [3.05, 3.63) is 63.9 Å². The zero-order valence-electron chi connectivity index (χ0n) is 26.1. The van der Waals surface area contributed by atoms with Gasteiger partial charge in [0, 0.05) is 23.6 Å². The number of carbonyl (C=O) groups excluding carboxylic acids is 3. The average molecular weight is 634 g/mol. The standard InChI is InChI=1S/C34H39N3O9/c1-15-21-18(16-7-10-20(46-4)17(13-16)14-37-11-5-6-12-37)8-9-19(38)23(21)28(39)24-22(15)29(40)26-27(36(2)3)30(41)25(33(35)44)32(43)34(26,45)31(24)42/h7-10,13,15,22,26-27,29,38-40,43,45H,5-6,11-12,14H2,1-4H3,(H2,35,44). The first-order chi connectivity index (χ1) is 21.7. The third-order valence-corrected chi connectivity index (χ3v) is 10.3. The first-order valence-electron chi connectivity index (χ1n) is 15.3. The van der Waals surface area contributed by atoms with Crippen LogP contribution in [0.4, 0.5) is 0 Å². The van der Waals surface area contributed by atoms with Gasteiger partial charge in [-0.05, 0) is 80.8 Å². The molecule has 1 heterocycles. The van der Waals surface area contributed by atoms with Gasteiger partial charge in [-0.2, -0.15) is 0 Å². The molecule has 1 saturated heterocycles. The van der Waals surface area contributed by atoms with Crippen LogP contribution >= 0.6 is 0 Å². The van der Waals surface area contributed by atoms with Crippen LogP contribution in [0.3, 0.4) is 0 Å². The predicted octanol–water partition coefficient (Wildman–Crippen LogP) is 1.77. The summed E-state index contributed by atoms with van der Waals surface area (Å²) < 4.78 is 5.65. The second-order valence-corrected chi connectivity index (χ2v) is 13.0. The van der Waals surface area contributed by atoms with Crippen molar-refractivity contribution in [1.82, 2.24) is 9.80 Å². The number of aliphatic hydroxyl groups is 4. The van der Waals surface area contributed by atoms with Crippen LogP contribution in [0.2, 0.25) is 0 Å². The molecule has 6 rings (SSSR count). The highest BCUT2D eigenvalue weighted by Crippen LogP contribution is 2.57. The van der Waals surface area contributed by atoms with E-state index in [1.807, 2.05) is 18.2 Å². The maximum absolute atomic E-state index is 14.3. The number of amides is 1. The number of aliphatic hydroxyl groups excluding tert-OH is 3. The third kappa shape index (κ3) is 4.38. The molecule has 1 saturated carbocycles. The number of primary amides is 1. The van der Waals surface area contributed by atoms with E-state index < -0.39 is 75.6 Å². The molecule has 4 aliphatic rings. The van der Waals surface area contributed by atoms with E-state index in [1.165, 1.54) is 25.1 Å². The minimum atomic E-state index is -2.96. The van der Waals surface area contributed by atoms with E-state index in [0.717, 1.165) is 37.1 Å². The summed E-state index contributed by atoms with van der Waals surface area (Å²) in [5.74, 6) is -8.57. The number of methoxy groups -OCH3 is 1. The van der Waals surface area contributed by atoms with E-state index in [0.29, 0.717) is 23.4 Å². The van der Waals surface area contributed by atoms with Crippen molar-refractivity contribution in [3.8, 4) is 22.6 Å². The van der Waals surface area contributed by atoms with Gasteiger partial charge in [0.1, 0.15) is 28.6 Å². The van der Waals surface area contributed by atoms with Gasteiger partial charge in [-0.1, -0.05) is 19.1 Å². The Morgan fingerprint density at radius 2 is 1.78 bits per heavy atom. The molecule has 0 radical (unpaired) electrons. The summed E-state index contributed by atoms with van der Waals surface area (Å²) in [6.45, 7) is 4.35. The van der Waals surface area contributed by atoms with Gasteiger partial charge in [0.25, 0.3) is 5.91 Å². The quantitative estimate of drug-likeness (QED) is 0.254. The lowest BCUT2D eigenvalue weighted by Gasteiger charge is -2.53. The molecule has 2 aromatic rings. The smallest absolute Gasteiger partial charge is 0.255 e. The van der Waals surface area contributed by atoms with Gasteiger partial charge >= 0.3 is 0 Å². The van der Waals surface area contributed by atoms with Crippen molar-refractivity contribution in [1.29, 1.82) is 0 Å². The Kier molecular flexibility index (Phi) is 7.75. The van der Waals surface area contributed by atoms with Crippen LogP contribution in [0.25, 0.3) is 16.9 Å². The van der Waals surface area contributed by atoms with Crippen molar-refractivity contribution in [2.24, 2.45) is 17.6 Å². The second kappa shape index (κ2) is 11.2. The number of ether oxygens (including phenoxy) is 1. The van der Waals surface area contributed by atoms with Gasteiger partial charge in [0.15, 0.2) is 11.4 Å². The number of nitrogens with zero attached hydrogens (tertiary/aromatic N) is 2. The number of hydrogen-bond acceptors (Lipinski definition) is 11. The van der Waals surface area contributed by atoms with Crippen LogP contribution in [0.5, 0.6) is 11.5 Å². The summed E-state index contributed by atoms with van der Waals surface area (Å²) in [6.07, 6.45) is 0.567. The van der Waals surface area contributed by atoms with Crippen LogP contribution in [-0.2, 0) is 20.9 Å². The molecule has 0 aromatic heterocycles. The van der Waals surface area contributed by atoms with Crippen molar-refractivity contribution in [3.63, 3.8) is 0 Å². The van der Waals surface area contributed by atoms with Gasteiger partial charge in [-0.3, -0.25) is 24.2 Å². The van der Waals surface area contributed by atoms with E-state index >= 15 is 0 Å². The number of benzene rings is 2. The second-order valence-electron chi connectivity index (χ2n) is 13.0. The molecule has 0 spiro atoms. The van der Waals surface area contributed by atoms with Gasteiger partial charge in [0.05, 0.1) is 30.7 Å². The van der Waals surface area contributed by atoms with Crippen LogP contribution in [0.15, 0.2) is 47.2 Å². The Hall–Kier alpha value is -4.23. The lowest BCUT2D eigenvalue weighted by molar-refractivity contribution is -0.169. The molecule has 1 aliphatic heterocycles. The highest BCUT2D eigenvalue weighted by Gasteiger charge is 2.68. The fraction of sp³-hybridized carbons (Fsp3) is 0.441. The normalized spacial score (nSPS) is 29.6. The SMILES string of the molecule is COc1ccc(-c2ccc(O)c3c2C(C)C2C(=C3O)C(=O)C3(O)C(O)=C(C(N)=O)C(=O)C(N(C)C)C3C2O)cc1CN1CCCC1. The zero-order chi connectivity index (χ0) is 33.4. The van der Waals surface area contributed by atoms with Gasteiger partial charge in [-0.15, -0.1) is 0 Å². The van der Waals surface area contributed by atoms with Crippen LogP contribution in [0, 0.1) is 11.8 Å². The molecule has 7 N–H and O–H groups in total. The van der Waals surface area contributed by atoms with Crippen LogP contribution in [-0.4, -0.2) is 105 Å². The number of Topliss-reactive ketones (excluding diaryl/α,β-unsaturated/α-hetero) is 2. The van der Waals surface area contributed by atoms with E-state index in [4.69, 9.17) is 10.5 Å². The molecule has 2 fully saturated rings. The largest absolute Gasteiger partial charge is 0.508 e. The molecule has 1 amide bonds. The summed E-state index contributed by atoms with van der Waals surface area (Å²) in [5.41, 5.74) is 3.82. The Bertz CT molecular complexity index is 1720. The van der Waals surface area contributed by atoms with E-state index in [-0.39, 0.29) is 11.3 Å². The molecule has 244 valence electrons. The Morgan fingerprint density at radius 1 is 1.11 bits per heavy atom. The lowest BCUT2D eigenvalue weighted by Crippen LogP contribution is -2.70. The minimum absolute atomic E-state index is 0.0506. The number of rotatable bonds is 6. The Morgan fingerprint density at radius 3 is 2.39 bits per heavy atom. The summed E-state index contributed by atoms with van der Waals surface area (Å²) in [6, 6.07) is 7.39. The molecule has 2 aromatic carbocycles. The topological polar surface area (TPSA) is 194 Å². The number of likely N-dealkylation sites (N-methyl/N-ethyl adjacent to an activating group) is 1. The number of likely N-dealkylation sites (tertiary alicyclic amines) is 1. The maximum atomic E-state index is 14.3. The van der Waals surface area contributed by atoms with Gasteiger partial charge < -0.3 is 36.0 Å². The molecule has 0 bridgehead atoms. The number of hydrogen-bond donors (Lipinski definition) is 6. The first kappa shape index (κ1) is 31.7. The number of carbonyl (C=O) groups is 3. The molecule has 6 unspecified atom stereocenters. The number of phenols is 1. The van der Waals surface area contributed by atoms with Crippen molar-refractivity contribution >= 4 is 23.2 Å². The molecular weight excluding hydrogens is 594 g/mol.